The number of nitrogens with one attached hydrogen (secondary N) is 2. The summed E-state index contributed by atoms with van der Waals surface area (Å²) in [7, 11) is 1.78. The van der Waals surface area contributed by atoms with E-state index in [0.717, 1.165) is 25.9 Å². The van der Waals surface area contributed by atoms with Gasteiger partial charge in [0.1, 0.15) is 11.5 Å². The summed E-state index contributed by atoms with van der Waals surface area (Å²) in [5, 5.41) is 5.81. The maximum Gasteiger partial charge on any atom is 0.269 e. The summed E-state index contributed by atoms with van der Waals surface area (Å²) in [5.41, 5.74) is 0.441. The molecule has 19 heavy (non-hydrogen) atoms. The van der Waals surface area contributed by atoms with Crippen molar-refractivity contribution in [1.29, 1.82) is 0 Å². The van der Waals surface area contributed by atoms with Crippen molar-refractivity contribution in [2.45, 2.75) is 31.8 Å². The Balaban J connectivity index is 1.77. The molecule has 1 aromatic heterocycles. The van der Waals surface area contributed by atoms with Gasteiger partial charge in [0.05, 0.1) is 6.10 Å². The Kier molecular flexibility index (Phi) is 5.15. The van der Waals surface area contributed by atoms with Gasteiger partial charge in [0.25, 0.3) is 5.91 Å². The van der Waals surface area contributed by atoms with Gasteiger partial charge in [-0.05, 0) is 37.8 Å². The number of hydrogen-bond acceptors (Lipinski definition) is 4. The predicted molar refractivity (Wildman–Crippen MR) is 74.3 cm³/mol. The zero-order chi connectivity index (χ0) is 13.5. The first-order chi connectivity index (χ1) is 9.29. The number of ether oxygens (including phenoxy) is 1. The quantitative estimate of drug-likeness (QED) is 0.850. The maximum atomic E-state index is 11.9. The van der Waals surface area contributed by atoms with Crippen LogP contribution >= 0.6 is 0 Å². The first-order valence-electron chi connectivity index (χ1n) is 6.84. The van der Waals surface area contributed by atoms with Crippen LogP contribution in [-0.4, -0.2) is 37.2 Å². The molecule has 0 bridgehead atoms. The highest BCUT2D eigenvalue weighted by molar-refractivity contribution is 5.92. The van der Waals surface area contributed by atoms with Crippen LogP contribution in [0.5, 0.6) is 0 Å². The fourth-order valence-electron chi connectivity index (χ4n) is 2.17. The second-order valence-electron chi connectivity index (χ2n) is 4.69. The van der Waals surface area contributed by atoms with E-state index in [4.69, 9.17) is 4.74 Å². The number of carbonyl (C=O) groups excluding carboxylic acids is 1. The van der Waals surface area contributed by atoms with Gasteiger partial charge in [-0.2, -0.15) is 0 Å². The largest absolute Gasteiger partial charge is 0.378 e. The molecule has 1 aromatic rings. The van der Waals surface area contributed by atoms with Crippen LogP contribution in [0.25, 0.3) is 0 Å². The summed E-state index contributed by atoms with van der Waals surface area (Å²) >= 11 is 0. The lowest BCUT2D eigenvalue weighted by Crippen LogP contribution is -2.30. The van der Waals surface area contributed by atoms with Gasteiger partial charge < -0.3 is 15.4 Å². The van der Waals surface area contributed by atoms with E-state index in [2.05, 4.69) is 15.6 Å². The van der Waals surface area contributed by atoms with Crippen LogP contribution in [0, 0.1) is 0 Å². The number of aromatic nitrogens is 1. The molecule has 0 radical (unpaired) electrons. The monoisotopic (exact) mass is 263 g/mol. The fourth-order valence-corrected chi connectivity index (χ4v) is 2.17. The van der Waals surface area contributed by atoms with E-state index < -0.39 is 0 Å². The Morgan fingerprint density at radius 1 is 1.47 bits per heavy atom. The maximum absolute atomic E-state index is 11.9. The Labute approximate surface area is 113 Å². The molecule has 2 rings (SSSR count). The van der Waals surface area contributed by atoms with Gasteiger partial charge in [0.15, 0.2) is 0 Å². The molecule has 1 unspecified atom stereocenters. The molecule has 1 aliphatic heterocycles. The predicted octanol–water partition coefficient (Wildman–Crippen LogP) is 1.81. The molecule has 1 atom stereocenters. The minimum atomic E-state index is -0.132. The minimum absolute atomic E-state index is 0.132. The summed E-state index contributed by atoms with van der Waals surface area (Å²) in [6, 6.07) is 5.36. The molecule has 5 heteroatoms. The van der Waals surface area contributed by atoms with E-state index in [-0.39, 0.29) is 5.91 Å². The highest BCUT2D eigenvalue weighted by atomic mass is 16.5. The van der Waals surface area contributed by atoms with Crippen molar-refractivity contribution in [1.82, 2.24) is 10.3 Å². The van der Waals surface area contributed by atoms with Crippen LogP contribution < -0.4 is 10.6 Å². The van der Waals surface area contributed by atoms with E-state index in [1.54, 1.807) is 13.1 Å². The lowest BCUT2D eigenvalue weighted by atomic mass is 10.1. The second-order valence-corrected chi connectivity index (χ2v) is 4.69. The average Bonchev–Trinajstić information content (AvgIpc) is 2.48. The van der Waals surface area contributed by atoms with Crippen molar-refractivity contribution < 1.29 is 9.53 Å². The van der Waals surface area contributed by atoms with Gasteiger partial charge in [-0.3, -0.25) is 4.79 Å². The smallest absolute Gasteiger partial charge is 0.269 e. The molecule has 1 saturated heterocycles. The SMILES string of the molecule is CNc1cccc(C(=O)NCCC2CCCCO2)n1. The number of hydrogen-bond donors (Lipinski definition) is 2. The van der Waals surface area contributed by atoms with Crippen molar-refractivity contribution in [2.75, 3.05) is 25.5 Å². The van der Waals surface area contributed by atoms with Crippen LogP contribution in [0.2, 0.25) is 0 Å². The highest BCUT2D eigenvalue weighted by Gasteiger charge is 2.14. The van der Waals surface area contributed by atoms with Crippen LogP contribution in [-0.2, 0) is 4.74 Å². The van der Waals surface area contributed by atoms with Crippen LogP contribution in [0.3, 0.4) is 0 Å². The average molecular weight is 263 g/mol. The van der Waals surface area contributed by atoms with E-state index >= 15 is 0 Å². The summed E-state index contributed by atoms with van der Waals surface area (Å²) in [6.07, 6.45) is 4.65. The molecule has 0 aliphatic carbocycles. The van der Waals surface area contributed by atoms with Gasteiger partial charge in [-0.25, -0.2) is 4.98 Å². The number of carbonyl (C=O) groups is 1. The van der Waals surface area contributed by atoms with Crippen molar-refractivity contribution in [3.8, 4) is 0 Å². The molecule has 2 heterocycles. The van der Waals surface area contributed by atoms with E-state index in [1.807, 2.05) is 12.1 Å². The molecule has 0 aromatic carbocycles. The summed E-state index contributed by atoms with van der Waals surface area (Å²) < 4.78 is 5.63. The molecule has 5 nitrogen and oxygen atoms in total. The molecule has 2 N–H and O–H groups in total. The Morgan fingerprint density at radius 2 is 2.37 bits per heavy atom. The molecular weight excluding hydrogens is 242 g/mol. The molecule has 0 spiro atoms. The van der Waals surface area contributed by atoms with Crippen molar-refractivity contribution in [3.63, 3.8) is 0 Å². The van der Waals surface area contributed by atoms with Crippen LogP contribution in [0.1, 0.15) is 36.2 Å². The number of amides is 1. The van der Waals surface area contributed by atoms with Crippen LogP contribution in [0.15, 0.2) is 18.2 Å². The fraction of sp³-hybridized carbons (Fsp3) is 0.571. The Bertz CT molecular complexity index is 417. The van der Waals surface area contributed by atoms with E-state index in [9.17, 15) is 4.79 Å². The minimum Gasteiger partial charge on any atom is -0.378 e. The van der Waals surface area contributed by atoms with E-state index in [0.29, 0.717) is 24.2 Å². The first-order valence-corrected chi connectivity index (χ1v) is 6.84. The lowest BCUT2D eigenvalue weighted by Gasteiger charge is -2.22. The first kappa shape index (κ1) is 13.8. The molecule has 1 amide bonds. The lowest BCUT2D eigenvalue weighted by molar-refractivity contribution is 0.0117. The van der Waals surface area contributed by atoms with Gasteiger partial charge in [-0.15, -0.1) is 0 Å². The number of anilines is 1. The summed E-state index contributed by atoms with van der Waals surface area (Å²) in [6.45, 7) is 1.49. The number of pyridine rings is 1. The van der Waals surface area contributed by atoms with Crippen molar-refractivity contribution in [2.24, 2.45) is 0 Å². The zero-order valence-electron chi connectivity index (χ0n) is 11.3. The van der Waals surface area contributed by atoms with Gasteiger partial charge in [-0.1, -0.05) is 6.07 Å². The van der Waals surface area contributed by atoms with Crippen LogP contribution in [0.4, 0.5) is 5.82 Å². The molecule has 104 valence electrons. The molecule has 1 fully saturated rings. The van der Waals surface area contributed by atoms with Gasteiger partial charge in [0, 0.05) is 20.2 Å². The molecule has 1 aliphatic rings. The van der Waals surface area contributed by atoms with Crippen molar-refractivity contribution in [3.05, 3.63) is 23.9 Å². The number of rotatable bonds is 5. The topological polar surface area (TPSA) is 63.2 Å². The molecular formula is C14H21N3O2. The number of nitrogens with zero attached hydrogens (tertiary/aromatic N) is 1. The third kappa shape index (κ3) is 4.21. The Morgan fingerprint density at radius 3 is 3.11 bits per heavy atom. The summed E-state index contributed by atoms with van der Waals surface area (Å²) in [5.74, 6) is 0.566. The van der Waals surface area contributed by atoms with Crippen molar-refractivity contribution >= 4 is 11.7 Å². The molecule has 0 saturated carbocycles. The third-order valence-electron chi connectivity index (χ3n) is 3.26. The highest BCUT2D eigenvalue weighted by Crippen LogP contribution is 2.14. The van der Waals surface area contributed by atoms with Gasteiger partial charge >= 0.3 is 0 Å². The second kappa shape index (κ2) is 7.09. The standard InChI is InChI=1S/C14H21N3O2/c1-15-13-7-4-6-12(17-13)14(18)16-9-8-11-5-2-3-10-19-11/h4,6-7,11H,2-3,5,8-10H2,1H3,(H,15,17)(H,16,18). The zero-order valence-corrected chi connectivity index (χ0v) is 11.3. The Hall–Kier alpha value is -1.62. The van der Waals surface area contributed by atoms with Gasteiger partial charge in [0.2, 0.25) is 0 Å². The van der Waals surface area contributed by atoms with E-state index in [1.165, 1.54) is 6.42 Å². The summed E-state index contributed by atoms with van der Waals surface area (Å²) in [4.78, 5) is 16.1. The third-order valence-corrected chi connectivity index (χ3v) is 3.26. The normalized spacial score (nSPS) is 18.9.